The fraction of sp³-hybridized carbons (Fsp3) is 0.526. The molecule has 1 saturated heterocycles. The Morgan fingerprint density at radius 2 is 2.19 bits per heavy atom. The third-order valence-corrected chi connectivity index (χ3v) is 5.90. The van der Waals surface area contributed by atoms with Crippen molar-refractivity contribution >= 4 is 24.8 Å². The van der Waals surface area contributed by atoms with Gasteiger partial charge in [0.15, 0.2) is 11.5 Å². The van der Waals surface area contributed by atoms with Crippen LogP contribution in [0.4, 0.5) is 0 Å². The number of nitrogens with one attached hydrogen (secondary N) is 1. The number of aldehydes is 1. The second kappa shape index (κ2) is 6.73. The van der Waals surface area contributed by atoms with Crippen molar-refractivity contribution < 1.29 is 19.1 Å². The summed E-state index contributed by atoms with van der Waals surface area (Å²) in [4.78, 5) is 25.0. The van der Waals surface area contributed by atoms with E-state index in [1.165, 1.54) is 0 Å². The van der Waals surface area contributed by atoms with Gasteiger partial charge in [0.2, 0.25) is 6.79 Å². The van der Waals surface area contributed by atoms with Crippen molar-refractivity contribution in [1.29, 1.82) is 5.26 Å². The van der Waals surface area contributed by atoms with E-state index in [-0.39, 0.29) is 31.2 Å². The number of ether oxygens (including phenoxy) is 2. The molecule has 2 fully saturated rings. The monoisotopic (exact) mass is 387 g/mol. The van der Waals surface area contributed by atoms with E-state index in [1.807, 2.05) is 12.1 Å². The molecule has 4 atom stereocenters. The molecule has 0 aromatic heterocycles. The SMILES string of the molecule is CC(C=O)N(C(=O)C1(S)CC(C#N)C(c2ccc3c(c2)OCO3)N1)C1CC1. The molecule has 7 nitrogen and oxygen atoms in total. The summed E-state index contributed by atoms with van der Waals surface area (Å²) in [5, 5.41) is 12.9. The van der Waals surface area contributed by atoms with Crippen LogP contribution in [-0.2, 0) is 9.59 Å². The summed E-state index contributed by atoms with van der Waals surface area (Å²) in [5.74, 6) is 0.622. The molecule has 27 heavy (non-hydrogen) atoms. The Bertz CT molecular complexity index is 822. The normalized spacial score (nSPS) is 29.8. The van der Waals surface area contributed by atoms with Gasteiger partial charge in [-0.2, -0.15) is 5.26 Å². The minimum Gasteiger partial charge on any atom is -0.454 e. The van der Waals surface area contributed by atoms with Crippen LogP contribution in [0.15, 0.2) is 18.2 Å². The van der Waals surface area contributed by atoms with Gasteiger partial charge in [0, 0.05) is 18.5 Å². The van der Waals surface area contributed by atoms with E-state index in [1.54, 1.807) is 17.9 Å². The molecule has 142 valence electrons. The van der Waals surface area contributed by atoms with Crippen molar-refractivity contribution in [1.82, 2.24) is 10.2 Å². The lowest BCUT2D eigenvalue weighted by Gasteiger charge is -2.34. The van der Waals surface area contributed by atoms with Crippen LogP contribution >= 0.6 is 12.6 Å². The maximum absolute atomic E-state index is 13.2. The van der Waals surface area contributed by atoms with Gasteiger partial charge >= 0.3 is 0 Å². The lowest BCUT2D eigenvalue weighted by molar-refractivity contribution is -0.139. The molecule has 2 heterocycles. The smallest absolute Gasteiger partial charge is 0.253 e. The molecule has 1 amide bonds. The molecule has 0 bridgehead atoms. The third kappa shape index (κ3) is 3.15. The number of thiol groups is 1. The standard InChI is InChI=1S/C19H21N3O4S/c1-11(9-23)22(14-3-4-14)18(24)19(27)7-13(8-20)17(21-19)12-2-5-15-16(6-12)26-10-25-15/h2,5-6,9,11,13-14,17,21,27H,3-4,7,10H2,1H3. The van der Waals surface area contributed by atoms with E-state index in [4.69, 9.17) is 9.47 Å². The van der Waals surface area contributed by atoms with Crippen molar-refractivity contribution in [2.24, 2.45) is 5.92 Å². The lowest BCUT2D eigenvalue weighted by Crippen LogP contribution is -2.55. The predicted molar refractivity (Wildman–Crippen MR) is 99.3 cm³/mol. The summed E-state index contributed by atoms with van der Waals surface area (Å²) in [7, 11) is 0. The van der Waals surface area contributed by atoms with Crippen LogP contribution in [0.5, 0.6) is 11.5 Å². The highest BCUT2D eigenvalue weighted by molar-refractivity contribution is 7.82. The molecular formula is C19H21N3O4S. The van der Waals surface area contributed by atoms with Gasteiger partial charge in [-0.25, -0.2) is 0 Å². The van der Waals surface area contributed by atoms with E-state index in [0.717, 1.165) is 24.7 Å². The van der Waals surface area contributed by atoms with Gasteiger partial charge in [-0.3, -0.25) is 10.1 Å². The topological polar surface area (TPSA) is 91.7 Å². The molecule has 1 aromatic carbocycles. The predicted octanol–water partition coefficient (Wildman–Crippen LogP) is 1.79. The fourth-order valence-corrected chi connectivity index (χ4v) is 4.31. The first-order valence-electron chi connectivity index (χ1n) is 9.04. The number of nitriles is 1. The van der Waals surface area contributed by atoms with Crippen LogP contribution in [0.3, 0.4) is 0 Å². The average molecular weight is 387 g/mol. The van der Waals surface area contributed by atoms with Crippen molar-refractivity contribution in [3.63, 3.8) is 0 Å². The van der Waals surface area contributed by atoms with Gasteiger partial charge in [0.25, 0.3) is 5.91 Å². The number of carbonyl (C=O) groups excluding carboxylic acids is 2. The molecular weight excluding hydrogens is 366 g/mol. The lowest BCUT2D eigenvalue weighted by atomic mass is 9.94. The summed E-state index contributed by atoms with van der Waals surface area (Å²) in [6, 6.07) is 7.00. The summed E-state index contributed by atoms with van der Waals surface area (Å²) < 4.78 is 10.8. The molecule has 1 aromatic rings. The molecule has 1 saturated carbocycles. The number of hydrogen-bond acceptors (Lipinski definition) is 7. The first-order valence-corrected chi connectivity index (χ1v) is 9.49. The van der Waals surface area contributed by atoms with Gasteiger partial charge in [0.1, 0.15) is 11.2 Å². The zero-order chi connectivity index (χ0) is 19.2. The van der Waals surface area contributed by atoms with E-state index < -0.39 is 16.8 Å². The Hall–Kier alpha value is -2.24. The third-order valence-electron chi connectivity index (χ3n) is 5.40. The largest absolute Gasteiger partial charge is 0.454 e. The van der Waals surface area contributed by atoms with Crippen molar-refractivity contribution in [2.75, 3.05) is 6.79 Å². The Morgan fingerprint density at radius 3 is 2.85 bits per heavy atom. The van der Waals surface area contributed by atoms with Crippen molar-refractivity contribution in [3.8, 4) is 17.6 Å². The number of carbonyl (C=O) groups is 2. The van der Waals surface area contributed by atoms with Crippen LogP contribution in [0.25, 0.3) is 0 Å². The summed E-state index contributed by atoms with van der Waals surface area (Å²) in [6.45, 7) is 1.89. The highest BCUT2D eigenvalue weighted by Crippen LogP contribution is 2.44. The first kappa shape index (κ1) is 18.1. The number of hydrogen-bond donors (Lipinski definition) is 2. The van der Waals surface area contributed by atoms with E-state index in [9.17, 15) is 14.9 Å². The molecule has 0 radical (unpaired) electrons. The minimum absolute atomic E-state index is 0.0775. The van der Waals surface area contributed by atoms with Gasteiger partial charge in [-0.1, -0.05) is 6.07 Å². The zero-order valence-electron chi connectivity index (χ0n) is 14.9. The average Bonchev–Trinajstić information content (AvgIpc) is 3.27. The van der Waals surface area contributed by atoms with Crippen LogP contribution in [0.1, 0.15) is 37.8 Å². The number of rotatable bonds is 5. The Kier molecular flexibility index (Phi) is 4.52. The van der Waals surface area contributed by atoms with E-state index in [0.29, 0.717) is 11.5 Å². The van der Waals surface area contributed by atoms with Gasteiger partial charge in [0.05, 0.1) is 18.0 Å². The highest BCUT2D eigenvalue weighted by atomic mass is 32.1. The minimum atomic E-state index is -1.19. The first-order chi connectivity index (χ1) is 13.0. The second-order valence-electron chi connectivity index (χ2n) is 7.35. The fourth-order valence-electron chi connectivity index (χ4n) is 3.86. The second-order valence-corrected chi connectivity index (χ2v) is 8.12. The number of benzene rings is 1. The Labute approximate surface area is 163 Å². The quantitative estimate of drug-likeness (QED) is 0.591. The molecule has 1 aliphatic carbocycles. The number of amides is 1. The molecule has 0 spiro atoms. The Balaban J connectivity index is 1.61. The van der Waals surface area contributed by atoms with Crippen LogP contribution in [0.2, 0.25) is 0 Å². The van der Waals surface area contributed by atoms with E-state index in [2.05, 4.69) is 24.0 Å². The van der Waals surface area contributed by atoms with Crippen molar-refractivity contribution in [2.45, 2.75) is 49.2 Å². The molecule has 2 aliphatic heterocycles. The maximum Gasteiger partial charge on any atom is 0.253 e. The van der Waals surface area contributed by atoms with Crippen LogP contribution in [0, 0.1) is 17.2 Å². The van der Waals surface area contributed by atoms with E-state index >= 15 is 0 Å². The summed E-state index contributed by atoms with van der Waals surface area (Å²) in [5.41, 5.74) is 0.843. The molecule has 4 unspecified atom stereocenters. The summed E-state index contributed by atoms with van der Waals surface area (Å²) in [6.07, 6.45) is 2.82. The van der Waals surface area contributed by atoms with Gasteiger partial charge in [-0.05, 0) is 37.5 Å². The highest BCUT2D eigenvalue weighted by Gasteiger charge is 2.52. The molecule has 1 N–H and O–H groups in total. The number of fused-ring (bicyclic) bond motifs is 1. The zero-order valence-corrected chi connectivity index (χ0v) is 15.8. The van der Waals surface area contributed by atoms with Crippen LogP contribution in [-0.4, -0.2) is 40.8 Å². The van der Waals surface area contributed by atoms with Gasteiger partial charge < -0.3 is 19.2 Å². The maximum atomic E-state index is 13.2. The molecule has 4 rings (SSSR count). The van der Waals surface area contributed by atoms with Gasteiger partial charge in [-0.15, -0.1) is 12.6 Å². The molecule has 8 heteroatoms. The Morgan fingerprint density at radius 1 is 1.44 bits per heavy atom. The van der Waals surface area contributed by atoms with Crippen LogP contribution < -0.4 is 14.8 Å². The summed E-state index contributed by atoms with van der Waals surface area (Å²) >= 11 is 4.65. The van der Waals surface area contributed by atoms with Crippen molar-refractivity contribution in [3.05, 3.63) is 23.8 Å². The number of nitrogens with zero attached hydrogens (tertiary/aromatic N) is 2. The molecule has 3 aliphatic rings.